The van der Waals surface area contributed by atoms with E-state index in [1.165, 1.54) is 16.7 Å². The largest absolute Gasteiger partial charge is 0.448 e. The molecule has 2 aliphatic rings. The van der Waals surface area contributed by atoms with E-state index in [0.29, 0.717) is 23.7 Å². The summed E-state index contributed by atoms with van der Waals surface area (Å²) in [4.78, 5) is 60.3. The Kier molecular flexibility index (Phi) is 16.5. The Labute approximate surface area is 501 Å². The number of allylic oxidation sites excluding steroid dienone is 1. The van der Waals surface area contributed by atoms with Crippen molar-refractivity contribution in [2.24, 2.45) is 5.16 Å². The third-order valence-corrected chi connectivity index (χ3v) is 17.7. The topological polar surface area (TPSA) is 122 Å². The van der Waals surface area contributed by atoms with Crippen LogP contribution in [0, 0.1) is 0 Å². The van der Waals surface area contributed by atoms with Crippen LogP contribution in [0.5, 0.6) is 0 Å². The fourth-order valence-corrected chi connectivity index (χ4v) is 13.5. The van der Waals surface area contributed by atoms with Crippen molar-refractivity contribution < 1.29 is 24.0 Å². The molecule has 2 atom stereocenters. The summed E-state index contributed by atoms with van der Waals surface area (Å²) in [5.74, 6) is -1.33. The Bertz CT molecular complexity index is 3710. The molecule has 0 spiro atoms. The van der Waals surface area contributed by atoms with Gasteiger partial charge in [0.15, 0.2) is 16.9 Å². The summed E-state index contributed by atoms with van der Waals surface area (Å²) in [7, 11) is 0. The standard InChI is InChI=1S/C71H56ClN5O5S2/c72-65-61(74-69(84-65)75-70(52-34-16-4-17-35-52,53-36-18-5-19-37-53)54-38-20-6-21-39-54)62(76-82-71(55-40-22-7-23-41-55,56-42-24-8-25-43-56)57-44-26-9-27-45-57)66(78)73-60-58-46-47-59(83-48-49-28-10-1-11-29-49)63(77(58)67(60)79)68(80)81-64(50-30-12-2-13-31-50)51-32-14-3-15-33-51/h1-45,58,60,64H,46-48H2,(H,73,78)(H,74,75)/b76-62-. The van der Waals surface area contributed by atoms with Crippen molar-refractivity contribution in [2.45, 2.75) is 47.9 Å². The number of amides is 2. The lowest BCUT2D eigenvalue weighted by Gasteiger charge is -2.50. The Morgan fingerprint density at radius 1 is 0.607 bits per heavy atom. The maximum Gasteiger partial charge on any atom is 0.356 e. The van der Waals surface area contributed by atoms with E-state index in [2.05, 4.69) is 47.0 Å². The minimum absolute atomic E-state index is 0.0248. The monoisotopic (exact) mass is 1160 g/mol. The number of anilines is 1. The number of oxime groups is 1. The lowest BCUT2D eigenvalue weighted by atomic mass is 9.77. The van der Waals surface area contributed by atoms with Gasteiger partial charge in [-0.05, 0) is 46.2 Å². The van der Waals surface area contributed by atoms with Crippen LogP contribution in [-0.4, -0.2) is 45.5 Å². The molecule has 0 aliphatic carbocycles. The molecule has 1 aromatic heterocycles. The maximum absolute atomic E-state index is 15.7. The highest BCUT2D eigenvalue weighted by molar-refractivity contribution is 8.02. The van der Waals surface area contributed by atoms with Crippen molar-refractivity contribution in [3.8, 4) is 0 Å². The average molecular weight is 1160 g/mol. The van der Waals surface area contributed by atoms with Gasteiger partial charge in [0.2, 0.25) is 5.60 Å². The third kappa shape index (κ3) is 11.1. The minimum atomic E-state index is -1.42. The van der Waals surface area contributed by atoms with Crippen LogP contribution in [0.25, 0.3) is 0 Å². The number of hydrogen-bond donors (Lipinski definition) is 2. The highest BCUT2D eigenvalue weighted by Crippen LogP contribution is 2.46. The van der Waals surface area contributed by atoms with Gasteiger partial charge in [0.1, 0.15) is 27.3 Å². The smallest absolute Gasteiger partial charge is 0.356 e. The molecule has 0 radical (unpaired) electrons. The van der Waals surface area contributed by atoms with Crippen LogP contribution in [0.4, 0.5) is 5.13 Å². The quantitative estimate of drug-likeness (QED) is 0.0254. The Morgan fingerprint density at radius 2 is 1.02 bits per heavy atom. The molecule has 1 saturated heterocycles. The zero-order valence-corrected chi connectivity index (χ0v) is 47.8. The molecule has 2 N–H and O–H groups in total. The number of fused-ring (bicyclic) bond motifs is 1. The molecule has 13 heteroatoms. The van der Waals surface area contributed by atoms with Crippen molar-refractivity contribution in [1.29, 1.82) is 0 Å². The van der Waals surface area contributed by atoms with Crippen LogP contribution in [0.1, 0.15) is 74.7 Å². The first-order valence-corrected chi connectivity index (χ1v) is 29.9. The molecule has 3 heterocycles. The van der Waals surface area contributed by atoms with Gasteiger partial charge < -0.3 is 20.2 Å². The van der Waals surface area contributed by atoms with E-state index in [4.69, 9.17) is 31.3 Å². The van der Waals surface area contributed by atoms with Crippen LogP contribution in [0.15, 0.2) is 289 Å². The van der Waals surface area contributed by atoms with Crippen LogP contribution < -0.4 is 10.6 Å². The Hall–Kier alpha value is -9.33. The summed E-state index contributed by atoms with van der Waals surface area (Å²) in [5, 5.41) is 12.2. The Balaban J connectivity index is 0.945. The SMILES string of the molecule is O=C(OC(c1ccccc1)c1ccccc1)C1=C(SCc2ccccc2)CCC2C(NC(=O)/C(=N\OC(c3ccccc3)(c3ccccc3)c3ccccc3)c3nc(NC(c4ccccc4)(c4ccccc4)c4ccccc4)sc3Cl)C(=O)N12. The van der Waals surface area contributed by atoms with Crippen molar-refractivity contribution in [2.75, 3.05) is 5.32 Å². The number of esters is 1. The van der Waals surface area contributed by atoms with Crippen molar-refractivity contribution in [3.05, 3.63) is 344 Å². The van der Waals surface area contributed by atoms with E-state index >= 15 is 14.4 Å². The van der Waals surface area contributed by atoms with E-state index in [-0.39, 0.29) is 21.4 Å². The van der Waals surface area contributed by atoms with Crippen molar-refractivity contribution in [3.63, 3.8) is 0 Å². The zero-order chi connectivity index (χ0) is 57.3. The summed E-state index contributed by atoms with van der Waals surface area (Å²) in [5.41, 5.74) is 5.09. The van der Waals surface area contributed by atoms with Gasteiger partial charge in [0, 0.05) is 27.3 Å². The number of nitrogens with zero attached hydrogens (tertiary/aromatic N) is 3. The molecular formula is C71H56ClN5O5S2. The molecule has 2 amide bonds. The van der Waals surface area contributed by atoms with Crippen LogP contribution in [0.2, 0.25) is 4.34 Å². The van der Waals surface area contributed by atoms with E-state index < -0.39 is 47.1 Å². The van der Waals surface area contributed by atoms with Gasteiger partial charge in [0.05, 0.1) is 6.04 Å². The molecule has 0 saturated carbocycles. The van der Waals surface area contributed by atoms with E-state index in [0.717, 1.165) is 66.3 Å². The number of nitrogens with one attached hydrogen (secondary N) is 2. The number of thiazole rings is 1. The summed E-state index contributed by atoms with van der Waals surface area (Å²) in [6, 6.07) is 86.7. The zero-order valence-electron chi connectivity index (χ0n) is 45.4. The second-order valence-corrected chi connectivity index (χ2v) is 23.0. The van der Waals surface area contributed by atoms with Crippen molar-refractivity contribution >= 4 is 63.3 Å². The number of aromatic nitrogens is 1. The normalized spacial score (nSPS) is 15.2. The van der Waals surface area contributed by atoms with Gasteiger partial charge >= 0.3 is 5.97 Å². The maximum atomic E-state index is 15.7. The summed E-state index contributed by atoms with van der Waals surface area (Å²) in [6.07, 6.45) is 0.120. The average Bonchev–Trinajstić information content (AvgIpc) is 1.73. The molecule has 10 aromatic rings. The molecule has 1 fully saturated rings. The number of thioether (sulfide) groups is 1. The highest BCUT2D eigenvalue weighted by atomic mass is 35.5. The molecule has 12 rings (SSSR count). The number of benzene rings is 9. The molecule has 10 nitrogen and oxygen atoms in total. The highest BCUT2D eigenvalue weighted by Gasteiger charge is 2.55. The van der Waals surface area contributed by atoms with E-state index in [1.54, 1.807) is 0 Å². The minimum Gasteiger partial charge on any atom is -0.448 e. The van der Waals surface area contributed by atoms with Crippen LogP contribution in [0.3, 0.4) is 0 Å². The number of carbonyl (C=O) groups is 3. The van der Waals surface area contributed by atoms with Gasteiger partial charge in [-0.15, -0.1) is 11.8 Å². The molecule has 0 bridgehead atoms. The summed E-state index contributed by atoms with van der Waals surface area (Å²) >= 11 is 10.1. The fraction of sp³-hybridized carbons (Fsp3) is 0.113. The number of rotatable bonds is 20. The Morgan fingerprint density at radius 3 is 1.48 bits per heavy atom. The van der Waals surface area contributed by atoms with Crippen LogP contribution in [-0.2, 0) is 40.9 Å². The molecule has 84 heavy (non-hydrogen) atoms. The van der Waals surface area contributed by atoms with Gasteiger partial charge in [-0.1, -0.05) is 301 Å². The fourth-order valence-electron chi connectivity index (χ4n) is 11.3. The molecule has 2 aliphatic heterocycles. The van der Waals surface area contributed by atoms with Gasteiger partial charge in [-0.3, -0.25) is 14.5 Å². The van der Waals surface area contributed by atoms with Gasteiger partial charge in [-0.25, -0.2) is 9.78 Å². The molecule has 2 unspecified atom stereocenters. The molecule has 414 valence electrons. The van der Waals surface area contributed by atoms with E-state index in [9.17, 15) is 0 Å². The number of halogens is 1. The van der Waals surface area contributed by atoms with Crippen LogP contribution >= 0.6 is 34.7 Å². The van der Waals surface area contributed by atoms with Gasteiger partial charge in [-0.2, -0.15) is 0 Å². The van der Waals surface area contributed by atoms with Gasteiger partial charge in [0.25, 0.3) is 11.8 Å². The second-order valence-electron chi connectivity index (χ2n) is 20.3. The van der Waals surface area contributed by atoms with E-state index in [1.807, 2.05) is 237 Å². The predicted octanol–water partition coefficient (Wildman–Crippen LogP) is 14.9. The summed E-state index contributed by atoms with van der Waals surface area (Å²) < 4.78 is 6.65. The first-order chi connectivity index (χ1) is 41.3. The second kappa shape index (κ2) is 25.0. The molecule has 9 aromatic carbocycles. The molecular weight excluding hydrogens is 1100 g/mol. The lowest BCUT2D eigenvalue weighted by molar-refractivity contribution is -0.158. The number of carbonyl (C=O) groups excluding carboxylic acids is 3. The lowest BCUT2D eigenvalue weighted by Crippen LogP contribution is -2.72. The number of β-lactam (4-membered cyclic amide) rings is 1. The first-order valence-electron chi connectivity index (χ1n) is 27.7. The predicted molar refractivity (Wildman–Crippen MR) is 334 cm³/mol. The number of hydrogen-bond acceptors (Lipinski definition) is 10. The summed E-state index contributed by atoms with van der Waals surface area (Å²) in [6.45, 7) is 0. The number of ether oxygens (including phenoxy) is 1. The first kappa shape index (κ1) is 55.2. The third-order valence-electron chi connectivity index (χ3n) is 15.3. The van der Waals surface area contributed by atoms with Crippen molar-refractivity contribution in [1.82, 2.24) is 15.2 Å².